The highest BCUT2D eigenvalue weighted by atomic mass is 16.4. The van der Waals surface area contributed by atoms with E-state index in [4.69, 9.17) is 16.6 Å². The van der Waals surface area contributed by atoms with Crippen LogP contribution in [0.5, 0.6) is 0 Å². The van der Waals surface area contributed by atoms with Gasteiger partial charge in [-0.15, -0.1) is 0 Å². The lowest BCUT2D eigenvalue weighted by Crippen LogP contribution is -2.57. The summed E-state index contributed by atoms with van der Waals surface area (Å²) in [4.78, 5) is 72.0. The molecule has 1 saturated heterocycles. The summed E-state index contributed by atoms with van der Waals surface area (Å²) in [6, 6.07) is -4.35. The van der Waals surface area contributed by atoms with Gasteiger partial charge in [-0.25, -0.2) is 4.79 Å². The maximum absolute atomic E-state index is 12.9. The second-order valence-electron chi connectivity index (χ2n) is 8.39. The van der Waals surface area contributed by atoms with Crippen molar-refractivity contribution < 1.29 is 39.0 Å². The summed E-state index contributed by atoms with van der Waals surface area (Å²) in [5.41, 5.74) is 10.6. The van der Waals surface area contributed by atoms with E-state index in [2.05, 4.69) is 21.3 Å². The number of rotatable bonds is 17. The number of carbonyl (C=O) groups is 6. The summed E-state index contributed by atoms with van der Waals surface area (Å²) in [7, 11) is 0. The van der Waals surface area contributed by atoms with E-state index in [0.29, 0.717) is 32.4 Å². The molecule has 0 aromatic carbocycles. The van der Waals surface area contributed by atoms with Gasteiger partial charge >= 0.3 is 11.9 Å². The van der Waals surface area contributed by atoms with E-state index in [0.717, 1.165) is 6.42 Å². The van der Waals surface area contributed by atoms with Crippen LogP contribution in [-0.2, 0) is 28.8 Å². The predicted octanol–water partition coefficient (Wildman–Crippen LogP) is -2.46. The Morgan fingerprint density at radius 2 is 1.46 bits per heavy atom. The van der Waals surface area contributed by atoms with E-state index in [-0.39, 0.29) is 25.7 Å². The number of amides is 4. The molecule has 0 bridgehead atoms. The molecule has 198 valence electrons. The molecule has 4 unspecified atom stereocenters. The maximum atomic E-state index is 12.9. The lowest BCUT2D eigenvalue weighted by Gasteiger charge is -2.25. The summed E-state index contributed by atoms with van der Waals surface area (Å²) in [5, 5.41) is 28.6. The fourth-order valence-corrected chi connectivity index (χ4v) is 3.57. The van der Waals surface area contributed by atoms with Gasteiger partial charge in [0.15, 0.2) is 0 Å². The Balaban J connectivity index is 2.94. The molecule has 0 spiro atoms. The molecule has 4 amide bonds. The van der Waals surface area contributed by atoms with Crippen LogP contribution >= 0.6 is 0 Å². The van der Waals surface area contributed by atoms with Gasteiger partial charge in [-0.05, 0) is 58.0 Å². The van der Waals surface area contributed by atoms with Crippen molar-refractivity contribution in [3.8, 4) is 0 Å². The smallest absolute Gasteiger partial charge is 0.326 e. The van der Waals surface area contributed by atoms with Crippen LogP contribution in [0.2, 0.25) is 0 Å². The molecule has 0 aromatic rings. The first kappa shape index (κ1) is 29.8. The van der Waals surface area contributed by atoms with Crippen molar-refractivity contribution >= 4 is 35.6 Å². The van der Waals surface area contributed by atoms with Crippen molar-refractivity contribution in [2.45, 2.75) is 82.0 Å². The second kappa shape index (κ2) is 15.6. The van der Waals surface area contributed by atoms with Crippen molar-refractivity contribution in [1.29, 1.82) is 0 Å². The van der Waals surface area contributed by atoms with Crippen LogP contribution < -0.4 is 32.7 Å². The molecule has 14 heteroatoms. The van der Waals surface area contributed by atoms with Crippen LogP contribution in [0, 0.1) is 0 Å². The SMILES string of the molecule is NCCCCC(NC(=O)C(CCC(N)=O)NC(=O)C(CCC(=O)O)NC(=O)C1CCCN1)C(=O)O. The lowest BCUT2D eigenvalue weighted by molar-refractivity contribution is -0.142. The number of carbonyl (C=O) groups excluding carboxylic acids is 4. The molecule has 1 aliphatic heterocycles. The Labute approximate surface area is 202 Å². The Kier molecular flexibility index (Phi) is 13.3. The molecule has 1 rings (SSSR count). The van der Waals surface area contributed by atoms with Gasteiger partial charge in [-0.3, -0.25) is 24.0 Å². The average Bonchev–Trinajstić information content (AvgIpc) is 3.33. The minimum Gasteiger partial charge on any atom is -0.481 e. The fourth-order valence-electron chi connectivity index (χ4n) is 3.57. The van der Waals surface area contributed by atoms with Crippen LogP contribution in [0.3, 0.4) is 0 Å². The zero-order chi connectivity index (χ0) is 26.4. The third kappa shape index (κ3) is 11.6. The van der Waals surface area contributed by atoms with Crippen molar-refractivity contribution in [1.82, 2.24) is 21.3 Å². The zero-order valence-electron chi connectivity index (χ0n) is 19.6. The Hall–Kier alpha value is -3.26. The molecule has 0 aliphatic carbocycles. The first-order valence-electron chi connectivity index (χ1n) is 11.6. The number of unbranched alkanes of at least 4 members (excludes halogenated alkanes) is 1. The summed E-state index contributed by atoms with van der Waals surface area (Å²) >= 11 is 0. The van der Waals surface area contributed by atoms with Crippen molar-refractivity contribution in [3.63, 3.8) is 0 Å². The number of nitrogens with one attached hydrogen (secondary N) is 4. The van der Waals surface area contributed by atoms with Gasteiger partial charge in [0.2, 0.25) is 23.6 Å². The minimum absolute atomic E-state index is 0.112. The molecule has 4 atom stereocenters. The zero-order valence-corrected chi connectivity index (χ0v) is 19.6. The molecule has 0 radical (unpaired) electrons. The monoisotopic (exact) mass is 500 g/mol. The van der Waals surface area contributed by atoms with Gasteiger partial charge in [0.1, 0.15) is 18.1 Å². The fraction of sp³-hybridized carbons (Fsp3) is 0.714. The van der Waals surface area contributed by atoms with Crippen molar-refractivity contribution in [2.75, 3.05) is 13.1 Å². The molecule has 0 aromatic heterocycles. The Morgan fingerprint density at radius 3 is 1.97 bits per heavy atom. The standard InChI is InChI=1S/C21H36N6O8/c22-10-2-1-4-15(21(34)35)27-20(33)13(6-8-16(23)28)26-19(32)14(7-9-17(29)30)25-18(31)12-5-3-11-24-12/h12-15,24H,1-11,22H2,(H2,23,28)(H,25,31)(H,26,32)(H,27,33)(H,29,30)(H,34,35). The van der Waals surface area contributed by atoms with Crippen LogP contribution in [0.25, 0.3) is 0 Å². The molecule has 1 fully saturated rings. The number of primary amides is 1. The van der Waals surface area contributed by atoms with E-state index >= 15 is 0 Å². The van der Waals surface area contributed by atoms with Gasteiger partial charge in [0.05, 0.1) is 6.04 Å². The van der Waals surface area contributed by atoms with E-state index in [1.807, 2.05) is 0 Å². The van der Waals surface area contributed by atoms with Gasteiger partial charge in [0.25, 0.3) is 0 Å². The van der Waals surface area contributed by atoms with E-state index in [1.165, 1.54) is 0 Å². The van der Waals surface area contributed by atoms with Gasteiger partial charge in [0, 0.05) is 12.8 Å². The summed E-state index contributed by atoms with van der Waals surface area (Å²) in [6.45, 7) is 0.993. The topological polar surface area (TPSA) is 243 Å². The summed E-state index contributed by atoms with van der Waals surface area (Å²) in [5.74, 6) is -5.35. The van der Waals surface area contributed by atoms with Crippen LogP contribution in [0.15, 0.2) is 0 Å². The Morgan fingerprint density at radius 1 is 0.857 bits per heavy atom. The number of hydrogen-bond acceptors (Lipinski definition) is 8. The molecule has 1 heterocycles. The van der Waals surface area contributed by atoms with Gasteiger partial charge in [-0.1, -0.05) is 0 Å². The third-order valence-electron chi connectivity index (χ3n) is 5.53. The summed E-state index contributed by atoms with van der Waals surface area (Å²) in [6.07, 6.45) is 1.30. The van der Waals surface area contributed by atoms with Crippen molar-refractivity contribution in [3.05, 3.63) is 0 Å². The third-order valence-corrected chi connectivity index (χ3v) is 5.53. The van der Waals surface area contributed by atoms with E-state index in [9.17, 15) is 33.9 Å². The van der Waals surface area contributed by atoms with Crippen LogP contribution in [0.1, 0.15) is 57.8 Å². The lowest BCUT2D eigenvalue weighted by atomic mass is 10.0. The highest BCUT2D eigenvalue weighted by molar-refractivity contribution is 5.94. The van der Waals surface area contributed by atoms with Gasteiger partial charge in [-0.2, -0.15) is 0 Å². The number of hydrogen-bond donors (Lipinski definition) is 8. The second-order valence-corrected chi connectivity index (χ2v) is 8.39. The predicted molar refractivity (Wildman–Crippen MR) is 123 cm³/mol. The molecule has 35 heavy (non-hydrogen) atoms. The van der Waals surface area contributed by atoms with Crippen molar-refractivity contribution in [2.24, 2.45) is 11.5 Å². The molecule has 10 N–H and O–H groups in total. The minimum atomic E-state index is -1.33. The highest BCUT2D eigenvalue weighted by Crippen LogP contribution is 2.08. The molecular weight excluding hydrogens is 464 g/mol. The van der Waals surface area contributed by atoms with Crippen LogP contribution in [-0.4, -0.2) is 83.0 Å². The van der Waals surface area contributed by atoms with Gasteiger partial charge < -0.3 is 42.9 Å². The largest absolute Gasteiger partial charge is 0.481 e. The number of aliphatic carboxylic acids is 2. The quantitative estimate of drug-likeness (QED) is 0.0978. The number of nitrogens with two attached hydrogens (primary N) is 2. The Bertz CT molecular complexity index is 771. The first-order valence-corrected chi connectivity index (χ1v) is 11.6. The van der Waals surface area contributed by atoms with E-state index in [1.54, 1.807) is 0 Å². The van der Waals surface area contributed by atoms with Crippen LogP contribution in [0.4, 0.5) is 0 Å². The summed E-state index contributed by atoms with van der Waals surface area (Å²) < 4.78 is 0. The normalized spacial score (nSPS) is 17.6. The number of carboxylic acid groups (broad SMARTS) is 2. The van der Waals surface area contributed by atoms with E-state index < -0.39 is 66.2 Å². The average molecular weight is 501 g/mol. The molecule has 1 aliphatic rings. The number of carboxylic acids is 2. The molecular formula is C21H36N6O8. The molecule has 0 saturated carbocycles. The maximum Gasteiger partial charge on any atom is 0.326 e. The first-order chi connectivity index (χ1) is 16.5. The highest BCUT2D eigenvalue weighted by Gasteiger charge is 2.31. The molecule has 14 nitrogen and oxygen atoms in total.